The van der Waals surface area contributed by atoms with Gasteiger partial charge in [-0.3, -0.25) is 4.79 Å². The monoisotopic (exact) mass is 299 g/mol. The van der Waals surface area contributed by atoms with Crippen LogP contribution in [0, 0.1) is 5.82 Å². The smallest absolute Gasteiger partial charge is 0.310 e. The third-order valence-corrected chi connectivity index (χ3v) is 3.59. The quantitative estimate of drug-likeness (QED) is 0.797. The maximum atomic E-state index is 12.9. The molecule has 0 aliphatic carbocycles. The second kappa shape index (κ2) is 5.60. The molecule has 3 aromatic rings. The number of hydrogen-bond acceptors (Lipinski definition) is 3. The summed E-state index contributed by atoms with van der Waals surface area (Å²) in [6, 6.07) is 11.3. The molecule has 1 N–H and O–H groups in total. The first-order valence-corrected chi connectivity index (χ1v) is 6.89. The predicted octanol–water partition coefficient (Wildman–Crippen LogP) is 3.75. The number of rotatable bonds is 4. The SMILES string of the molecule is CC(C(=O)O)c1ccc2oc(Cc3ccc(F)cc3)nc2c1. The second-order valence-corrected chi connectivity index (χ2v) is 5.20. The fraction of sp³-hybridized carbons (Fsp3) is 0.176. The zero-order valence-electron chi connectivity index (χ0n) is 11.9. The highest BCUT2D eigenvalue weighted by atomic mass is 19.1. The van der Waals surface area contributed by atoms with E-state index in [1.54, 1.807) is 37.3 Å². The van der Waals surface area contributed by atoms with Gasteiger partial charge in [0, 0.05) is 6.42 Å². The van der Waals surface area contributed by atoms with Gasteiger partial charge < -0.3 is 9.52 Å². The molecule has 1 atom stereocenters. The summed E-state index contributed by atoms with van der Waals surface area (Å²) in [5, 5.41) is 9.06. The number of carbonyl (C=O) groups is 1. The summed E-state index contributed by atoms with van der Waals surface area (Å²) in [6.07, 6.45) is 0.457. The Kier molecular flexibility index (Phi) is 3.63. The molecular weight excluding hydrogens is 285 g/mol. The van der Waals surface area contributed by atoms with Crippen molar-refractivity contribution in [2.75, 3.05) is 0 Å². The fourth-order valence-electron chi connectivity index (χ4n) is 2.26. The summed E-state index contributed by atoms with van der Waals surface area (Å²) in [4.78, 5) is 15.4. The van der Waals surface area contributed by atoms with E-state index in [0.717, 1.165) is 5.56 Å². The molecule has 4 nitrogen and oxygen atoms in total. The van der Waals surface area contributed by atoms with E-state index in [9.17, 15) is 9.18 Å². The highest BCUT2D eigenvalue weighted by molar-refractivity contribution is 5.79. The van der Waals surface area contributed by atoms with Crippen molar-refractivity contribution in [2.24, 2.45) is 0 Å². The van der Waals surface area contributed by atoms with Crippen LogP contribution < -0.4 is 0 Å². The number of hydrogen-bond donors (Lipinski definition) is 1. The lowest BCUT2D eigenvalue weighted by Crippen LogP contribution is -2.06. The highest BCUT2D eigenvalue weighted by Gasteiger charge is 2.15. The molecule has 0 aliphatic rings. The lowest BCUT2D eigenvalue weighted by molar-refractivity contribution is -0.138. The van der Waals surface area contributed by atoms with E-state index in [4.69, 9.17) is 9.52 Å². The lowest BCUT2D eigenvalue weighted by Gasteiger charge is -2.04. The summed E-state index contributed by atoms with van der Waals surface area (Å²) in [5.41, 5.74) is 2.81. The van der Waals surface area contributed by atoms with Crippen LogP contribution in [0.4, 0.5) is 4.39 Å². The zero-order valence-corrected chi connectivity index (χ0v) is 11.9. The molecule has 2 aromatic carbocycles. The molecule has 0 saturated carbocycles. The average molecular weight is 299 g/mol. The van der Waals surface area contributed by atoms with Gasteiger partial charge in [-0.1, -0.05) is 18.2 Å². The Hall–Kier alpha value is -2.69. The maximum absolute atomic E-state index is 12.9. The first-order chi connectivity index (χ1) is 10.5. The van der Waals surface area contributed by atoms with Gasteiger partial charge in [0.2, 0.25) is 0 Å². The number of fused-ring (bicyclic) bond motifs is 1. The number of aromatic nitrogens is 1. The van der Waals surface area contributed by atoms with Gasteiger partial charge in [-0.25, -0.2) is 9.37 Å². The minimum atomic E-state index is -0.880. The Morgan fingerprint density at radius 2 is 2.00 bits per heavy atom. The topological polar surface area (TPSA) is 63.3 Å². The van der Waals surface area contributed by atoms with Crippen molar-refractivity contribution >= 4 is 17.1 Å². The van der Waals surface area contributed by atoms with Crippen LogP contribution in [0.3, 0.4) is 0 Å². The standard InChI is InChI=1S/C17H14FNO3/c1-10(17(20)21)12-4-7-15-14(9-12)19-16(22-15)8-11-2-5-13(18)6-3-11/h2-7,9-10H,8H2,1H3,(H,20,21). The van der Waals surface area contributed by atoms with Gasteiger partial charge in [0.1, 0.15) is 11.3 Å². The Morgan fingerprint density at radius 1 is 1.27 bits per heavy atom. The molecule has 0 radical (unpaired) electrons. The molecule has 0 spiro atoms. The van der Waals surface area contributed by atoms with Crippen LogP contribution in [0.1, 0.15) is 29.9 Å². The number of carboxylic acid groups (broad SMARTS) is 1. The molecule has 1 aromatic heterocycles. The van der Waals surface area contributed by atoms with Crippen molar-refractivity contribution in [3.05, 3.63) is 65.3 Å². The van der Waals surface area contributed by atoms with Crippen molar-refractivity contribution < 1.29 is 18.7 Å². The van der Waals surface area contributed by atoms with Crippen molar-refractivity contribution in [1.82, 2.24) is 4.98 Å². The molecule has 112 valence electrons. The molecule has 5 heteroatoms. The minimum absolute atomic E-state index is 0.284. The number of carboxylic acids is 1. The maximum Gasteiger partial charge on any atom is 0.310 e. The molecular formula is C17H14FNO3. The number of nitrogens with zero attached hydrogens (tertiary/aromatic N) is 1. The molecule has 0 fully saturated rings. The van der Waals surface area contributed by atoms with Crippen molar-refractivity contribution in [1.29, 1.82) is 0 Å². The Balaban J connectivity index is 1.89. The first kappa shape index (κ1) is 14.3. The average Bonchev–Trinajstić information content (AvgIpc) is 2.90. The highest BCUT2D eigenvalue weighted by Crippen LogP contribution is 2.23. The van der Waals surface area contributed by atoms with Gasteiger partial charge in [-0.05, 0) is 42.3 Å². The zero-order chi connectivity index (χ0) is 15.7. The van der Waals surface area contributed by atoms with E-state index in [1.807, 2.05) is 0 Å². The van der Waals surface area contributed by atoms with Crippen LogP contribution in [0.25, 0.3) is 11.1 Å². The molecule has 0 bridgehead atoms. The van der Waals surface area contributed by atoms with Gasteiger partial charge in [-0.2, -0.15) is 0 Å². The van der Waals surface area contributed by atoms with Crippen LogP contribution >= 0.6 is 0 Å². The summed E-state index contributed by atoms with van der Waals surface area (Å²) in [7, 11) is 0. The predicted molar refractivity (Wildman–Crippen MR) is 79.3 cm³/mol. The van der Waals surface area contributed by atoms with Crippen LogP contribution in [-0.4, -0.2) is 16.1 Å². The van der Waals surface area contributed by atoms with Gasteiger partial charge in [0.25, 0.3) is 0 Å². The third kappa shape index (κ3) is 2.83. The largest absolute Gasteiger partial charge is 0.481 e. The minimum Gasteiger partial charge on any atom is -0.481 e. The Morgan fingerprint density at radius 3 is 2.68 bits per heavy atom. The molecule has 0 aliphatic heterocycles. The van der Waals surface area contributed by atoms with Crippen molar-refractivity contribution in [3.63, 3.8) is 0 Å². The van der Waals surface area contributed by atoms with E-state index in [-0.39, 0.29) is 5.82 Å². The van der Waals surface area contributed by atoms with Gasteiger partial charge >= 0.3 is 5.97 Å². The summed E-state index contributed by atoms with van der Waals surface area (Å²) in [5.74, 6) is -1.24. The molecule has 0 saturated heterocycles. The van der Waals surface area contributed by atoms with Gasteiger partial charge in [-0.15, -0.1) is 0 Å². The number of benzene rings is 2. The molecule has 3 rings (SSSR count). The summed E-state index contributed by atoms with van der Waals surface area (Å²) < 4.78 is 18.5. The summed E-state index contributed by atoms with van der Waals surface area (Å²) >= 11 is 0. The van der Waals surface area contributed by atoms with Crippen molar-refractivity contribution in [3.8, 4) is 0 Å². The van der Waals surface area contributed by atoms with E-state index in [0.29, 0.717) is 29.0 Å². The molecule has 1 heterocycles. The first-order valence-electron chi connectivity index (χ1n) is 6.89. The fourth-order valence-corrected chi connectivity index (χ4v) is 2.26. The van der Waals surface area contributed by atoms with Crippen LogP contribution in [0.5, 0.6) is 0 Å². The van der Waals surface area contributed by atoms with E-state index in [2.05, 4.69) is 4.98 Å². The van der Waals surface area contributed by atoms with Gasteiger partial charge in [0.05, 0.1) is 5.92 Å². The number of aliphatic carboxylic acids is 1. The lowest BCUT2D eigenvalue weighted by atomic mass is 10.0. The van der Waals surface area contributed by atoms with Crippen molar-refractivity contribution in [2.45, 2.75) is 19.3 Å². The van der Waals surface area contributed by atoms with E-state index in [1.165, 1.54) is 12.1 Å². The van der Waals surface area contributed by atoms with Crippen LogP contribution in [0.2, 0.25) is 0 Å². The van der Waals surface area contributed by atoms with E-state index >= 15 is 0 Å². The van der Waals surface area contributed by atoms with E-state index < -0.39 is 11.9 Å². The Labute approximate surface area is 126 Å². The van der Waals surface area contributed by atoms with Crippen LogP contribution in [-0.2, 0) is 11.2 Å². The molecule has 0 amide bonds. The molecule has 1 unspecified atom stereocenters. The number of halogens is 1. The normalized spacial score (nSPS) is 12.5. The summed E-state index contributed by atoms with van der Waals surface area (Å²) in [6.45, 7) is 1.63. The van der Waals surface area contributed by atoms with Crippen LogP contribution in [0.15, 0.2) is 46.9 Å². The number of oxazole rings is 1. The third-order valence-electron chi connectivity index (χ3n) is 3.59. The Bertz CT molecular complexity index is 824. The second-order valence-electron chi connectivity index (χ2n) is 5.20. The van der Waals surface area contributed by atoms with Gasteiger partial charge in [0.15, 0.2) is 11.5 Å². The molecule has 22 heavy (non-hydrogen) atoms.